The fraction of sp³-hybridized carbons (Fsp3) is 0.125. The first-order chi connectivity index (χ1) is 15.7. The third-order valence-corrected chi connectivity index (χ3v) is 6.56. The van der Waals surface area contributed by atoms with E-state index in [1.807, 2.05) is 0 Å². The van der Waals surface area contributed by atoms with Crippen LogP contribution in [0.1, 0.15) is 15.9 Å². The van der Waals surface area contributed by atoms with E-state index in [0.29, 0.717) is 29.2 Å². The summed E-state index contributed by atoms with van der Waals surface area (Å²) < 4.78 is 31.4. The molecule has 0 aliphatic heterocycles. The van der Waals surface area contributed by atoms with Crippen molar-refractivity contribution in [1.82, 2.24) is 0 Å². The number of carbonyl (C=O) groups excluding carboxylic acids is 1. The largest absolute Gasteiger partial charge is 0.490 e. The zero-order valence-electron chi connectivity index (χ0n) is 17.8. The van der Waals surface area contributed by atoms with Crippen LogP contribution in [0.5, 0.6) is 5.75 Å². The summed E-state index contributed by atoms with van der Waals surface area (Å²) in [5, 5.41) is 3.23. The molecule has 0 radical (unpaired) electrons. The fourth-order valence-electron chi connectivity index (χ4n) is 2.99. The number of rotatable bonds is 9. The van der Waals surface area contributed by atoms with Crippen LogP contribution < -0.4 is 14.4 Å². The monoisotopic (exact) mass is 504 g/mol. The maximum atomic E-state index is 12.6. The Labute approximate surface area is 203 Å². The van der Waals surface area contributed by atoms with Gasteiger partial charge in [0.2, 0.25) is 10.0 Å². The van der Waals surface area contributed by atoms with Gasteiger partial charge < -0.3 is 10.1 Å². The molecular formula is C24H22Cl2N2O4S. The molecule has 0 aliphatic rings. The molecule has 172 valence electrons. The summed E-state index contributed by atoms with van der Waals surface area (Å²) in [7, 11) is -3.64. The molecule has 33 heavy (non-hydrogen) atoms. The summed E-state index contributed by atoms with van der Waals surface area (Å²) in [6.45, 7) is 4.03. The molecular weight excluding hydrogens is 483 g/mol. The number of nitrogens with zero attached hydrogens (tertiary/aromatic N) is 1. The minimum Gasteiger partial charge on any atom is -0.490 e. The zero-order valence-corrected chi connectivity index (χ0v) is 20.1. The first-order valence-electron chi connectivity index (χ1n) is 9.85. The Bertz CT molecular complexity index is 1240. The van der Waals surface area contributed by atoms with E-state index in [1.165, 1.54) is 4.31 Å². The van der Waals surface area contributed by atoms with E-state index in [4.69, 9.17) is 27.9 Å². The van der Waals surface area contributed by atoms with E-state index in [1.54, 1.807) is 72.8 Å². The highest BCUT2D eigenvalue weighted by Gasteiger charge is 2.21. The van der Waals surface area contributed by atoms with Gasteiger partial charge in [-0.2, -0.15) is 0 Å². The number of anilines is 2. The van der Waals surface area contributed by atoms with Crippen molar-refractivity contribution in [3.63, 3.8) is 0 Å². The smallest absolute Gasteiger partial charge is 0.255 e. The minimum atomic E-state index is -3.64. The van der Waals surface area contributed by atoms with E-state index in [0.717, 1.165) is 6.26 Å². The third kappa shape index (κ3) is 6.51. The molecule has 0 heterocycles. The lowest BCUT2D eigenvalue weighted by Crippen LogP contribution is -2.29. The number of nitrogens with one attached hydrogen (secondary N) is 1. The molecule has 3 rings (SSSR count). The van der Waals surface area contributed by atoms with Crippen LogP contribution in [-0.2, 0) is 16.6 Å². The van der Waals surface area contributed by atoms with Crippen molar-refractivity contribution >= 4 is 50.5 Å². The summed E-state index contributed by atoms with van der Waals surface area (Å²) in [5.41, 5.74) is 2.01. The average molecular weight is 505 g/mol. The third-order valence-electron chi connectivity index (χ3n) is 4.62. The Kier molecular flexibility index (Phi) is 8.02. The van der Waals surface area contributed by atoms with Gasteiger partial charge in [-0.25, -0.2) is 8.42 Å². The number of carbonyl (C=O) groups is 1. The number of halogens is 2. The van der Waals surface area contributed by atoms with Gasteiger partial charge in [0.1, 0.15) is 12.4 Å². The Morgan fingerprint density at radius 1 is 1.06 bits per heavy atom. The molecule has 1 amide bonds. The van der Waals surface area contributed by atoms with Crippen molar-refractivity contribution in [2.45, 2.75) is 6.54 Å². The number of ether oxygens (including phenoxy) is 1. The lowest BCUT2D eigenvalue weighted by molar-refractivity contribution is 0.102. The van der Waals surface area contributed by atoms with Crippen molar-refractivity contribution in [3.05, 3.63) is 101 Å². The number of benzene rings is 3. The van der Waals surface area contributed by atoms with Gasteiger partial charge in [-0.3, -0.25) is 9.10 Å². The van der Waals surface area contributed by atoms with Crippen molar-refractivity contribution in [2.24, 2.45) is 0 Å². The van der Waals surface area contributed by atoms with Gasteiger partial charge in [-0.1, -0.05) is 54.1 Å². The molecule has 3 aromatic rings. The summed E-state index contributed by atoms with van der Waals surface area (Å²) in [5.74, 6) is 0.381. The second kappa shape index (κ2) is 10.7. The van der Waals surface area contributed by atoms with E-state index >= 15 is 0 Å². The fourth-order valence-corrected chi connectivity index (χ4v) is 4.33. The van der Waals surface area contributed by atoms with Crippen LogP contribution >= 0.6 is 23.2 Å². The Hall–Kier alpha value is -3.00. The molecule has 3 aromatic carbocycles. The van der Waals surface area contributed by atoms with Gasteiger partial charge in [0.05, 0.1) is 28.5 Å². The molecule has 0 unspecified atom stereocenters. The SMILES string of the molecule is C=CCOc1ccc(NC(=O)c2ccc(CN(c3cccc(Cl)c3Cl)S(C)(=O)=O)cc2)cc1. The summed E-state index contributed by atoms with van der Waals surface area (Å²) in [6.07, 6.45) is 2.75. The number of sulfonamides is 1. The Morgan fingerprint density at radius 2 is 1.73 bits per heavy atom. The lowest BCUT2D eigenvalue weighted by Gasteiger charge is -2.24. The van der Waals surface area contributed by atoms with E-state index in [-0.39, 0.29) is 28.2 Å². The molecule has 1 N–H and O–H groups in total. The first kappa shape index (κ1) is 24.6. The van der Waals surface area contributed by atoms with Gasteiger partial charge in [0, 0.05) is 11.3 Å². The van der Waals surface area contributed by atoms with Crippen molar-refractivity contribution in [3.8, 4) is 5.75 Å². The van der Waals surface area contributed by atoms with Crippen LogP contribution in [0.15, 0.2) is 79.4 Å². The molecule has 0 aliphatic carbocycles. The predicted molar refractivity (Wildman–Crippen MR) is 134 cm³/mol. The Balaban J connectivity index is 1.72. The maximum Gasteiger partial charge on any atom is 0.255 e. The summed E-state index contributed by atoms with van der Waals surface area (Å²) >= 11 is 12.3. The van der Waals surface area contributed by atoms with Gasteiger partial charge in [-0.05, 0) is 54.1 Å². The van der Waals surface area contributed by atoms with Crippen LogP contribution in [0.2, 0.25) is 10.0 Å². The number of hydrogen-bond acceptors (Lipinski definition) is 4. The molecule has 0 saturated carbocycles. The molecule has 0 spiro atoms. The molecule has 9 heteroatoms. The highest BCUT2D eigenvalue weighted by atomic mass is 35.5. The zero-order chi connectivity index (χ0) is 24.0. The molecule has 0 aromatic heterocycles. The van der Waals surface area contributed by atoms with E-state index in [2.05, 4.69) is 11.9 Å². The quantitative estimate of drug-likeness (QED) is 0.375. The van der Waals surface area contributed by atoms with Crippen LogP contribution in [0.25, 0.3) is 0 Å². The van der Waals surface area contributed by atoms with E-state index in [9.17, 15) is 13.2 Å². The summed E-state index contributed by atoms with van der Waals surface area (Å²) in [6, 6.07) is 18.4. The van der Waals surface area contributed by atoms with Gasteiger partial charge in [-0.15, -0.1) is 0 Å². The van der Waals surface area contributed by atoms with Crippen molar-refractivity contribution < 1.29 is 17.9 Å². The number of hydrogen-bond donors (Lipinski definition) is 1. The molecule has 0 atom stereocenters. The highest BCUT2D eigenvalue weighted by Crippen LogP contribution is 2.34. The van der Waals surface area contributed by atoms with Crippen LogP contribution in [-0.4, -0.2) is 27.2 Å². The van der Waals surface area contributed by atoms with Crippen LogP contribution in [0.4, 0.5) is 11.4 Å². The maximum absolute atomic E-state index is 12.6. The van der Waals surface area contributed by atoms with Gasteiger partial charge >= 0.3 is 0 Å². The standard InChI is InChI=1S/C24H22Cl2N2O4S/c1-3-15-32-20-13-11-19(12-14-20)27-24(29)18-9-7-17(8-10-18)16-28(33(2,30)31)22-6-4-5-21(25)23(22)26/h3-14H,1,15-16H2,2H3,(H,27,29). The minimum absolute atomic E-state index is 0.0347. The number of amides is 1. The summed E-state index contributed by atoms with van der Waals surface area (Å²) in [4.78, 5) is 12.6. The molecule has 0 bridgehead atoms. The molecule has 0 saturated heterocycles. The van der Waals surface area contributed by atoms with E-state index < -0.39 is 10.0 Å². The normalized spacial score (nSPS) is 11.0. The average Bonchev–Trinajstić information content (AvgIpc) is 2.79. The second-order valence-electron chi connectivity index (χ2n) is 7.12. The Morgan fingerprint density at radius 3 is 2.33 bits per heavy atom. The van der Waals surface area contributed by atoms with Crippen LogP contribution in [0, 0.1) is 0 Å². The highest BCUT2D eigenvalue weighted by molar-refractivity contribution is 7.92. The topological polar surface area (TPSA) is 75.7 Å². The van der Waals surface area contributed by atoms with Gasteiger partial charge in [0.25, 0.3) is 5.91 Å². The van der Waals surface area contributed by atoms with Crippen molar-refractivity contribution in [2.75, 3.05) is 22.5 Å². The first-order valence-corrected chi connectivity index (χ1v) is 12.4. The molecule has 0 fully saturated rings. The van der Waals surface area contributed by atoms with Crippen molar-refractivity contribution in [1.29, 1.82) is 0 Å². The second-order valence-corrected chi connectivity index (χ2v) is 9.81. The van der Waals surface area contributed by atoms with Gasteiger partial charge in [0.15, 0.2) is 0 Å². The molecule has 6 nitrogen and oxygen atoms in total. The van der Waals surface area contributed by atoms with Crippen LogP contribution in [0.3, 0.4) is 0 Å². The predicted octanol–water partition coefficient (Wildman–Crippen LogP) is 5.78. The lowest BCUT2D eigenvalue weighted by atomic mass is 10.1.